The maximum absolute atomic E-state index is 5.67. The lowest BCUT2D eigenvalue weighted by Gasteiger charge is -2.31. The number of methoxy groups -OCH3 is 2. The van der Waals surface area contributed by atoms with Gasteiger partial charge in [-0.2, -0.15) is 15.4 Å². The van der Waals surface area contributed by atoms with E-state index in [0.717, 1.165) is 34.6 Å². The number of rotatable bonds is 5. The van der Waals surface area contributed by atoms with E-state index in [9.17, 15) is 0 Å². The molecular formula is C20H24N4O2S. The highest BCUT2D eigenvalue weighted by molar-refractivity contribution is 8.00. The van der Waals surface area contributed by atoms with Crippen molar-refractivity contribution in [1.29, 1.82) is 0 Å². The molecule has 1 fully saturated rings. The third-order valence-corrected chi connectivity index (χ3v) is 6.54. The largest absolute Gasteiger partial charge is 0.496 e. The summed E-state index contributed by atoms with van der Waals surface area (Å²) in [5, 5.41) is 11.8. The summed E-state index contributed by atoms with van der Waals surface area (Å²) in [6.45, 7) is 5.51. The number of benzene rings is 2. The van der Waals surface area contributed by atoms with Crippen LogP contribution in [0.1, 0.15) is 36.4 Å². The quantitative estimate of drug-likeness (QED) is 0.712. The number of hydrogen-bond acceptors (Lipinski definition) is 6. The minimum absolute atomic E-state index is 0.161. The number of thioether (sulfide) groups is 1. The summed E-state index contributed by atoms with van der Waals surface area (Å²) in [5.74, 6) is 1.73. The SMILES string of the molecule is COc1cccc(OC)c1C1SC(C)CN1C(C)c1ccc2n[nH]nc2c1. The van der Waals surface area contributed by atoms with Crippen LogP contribution in [0.5, 0.6) is 11.5 Å². The second-order valence-electron chi connectivity index (χ2n) is 6.82. The zero-order valence-electron chi connectivity index (χ0n) is 16.0. The predicted octanol–water partition coefficient (Wildman–Crippen LogP) is 4.17. The highest BCUT2D eigenvalue weighted by Gasteiger charge is 2.38. The predicted molar refractivity (Wildman–Crippen MR) is 108 cm³/mol. The van der Waals surface area contributed by atoms with Crippen LogP contribution in [0.2, 0.25) is 0 Å². The van der Waals surface area contributed by atoms with Crippen molar-refractivity contribution in [2.24, 2.45) is 0 Å². The van der Waals surface area contributed by atoms with Crippen LogP contribution < -0.4 is 9.47 Å². The van der Waals surface area contributed by atoms with Gasteiger partial charge >= 0.3 is 0 Å². The molecule has 1 aliphatic rings. The van der Waals surface area contributed by atoms with Crippen molar-refractivity contribution in [3.05, 3.63) is 47.5 Å². The summed E-state index contributed by atoms with van der Waals surface area (Å²) in [6.07, 6.45) is 0. The smallest absolute Gasteiger partial charge is 0.128 e. The summed E-state index contributed by atoms with van der Waals surface area (Å²) in [7, 11) is 3.43. The lowest BCUT2D eigenvalue weighted by molar-refractivity contribution is 0.208. The average molecular weight is 385 g/mol. The Bertz CT molecular complexity index is 922. The normalized spacial score (nSPS) is 21.5. The van der Waals surface area contributed by atoms with E-state index < -0.39 is 0 Å². The highest BCUT2D eigenvalue weighted by Crippen LogP contribution is 2.51. The van der Waals surface area contributed by atoms with E-state index in [4.69, 9.17) is 9.47 Å². The second kappa shape index (κ2) is 7.40. The highest BCUT2D eigenvalue weighted by atomic mass is 32.2. The van der Waals surface area contributed by atoms with Crippen LogP contribution >= 0.6 is 11.8 Å². The first-order valence-corrected chi connectivity index (χ1v) is 9.99. The van der Waals surface area contributed by atoms with E-state index in [1.165, 1.54) is 5.56 Å². The number of aromatic amines is 1. The van der Waals surface area contributed by atoms with Gasteiger partial charge in [0.05, 0.1) is 25.2 Å². The Balaban J connectivity index is 1.73. The third-order valence-electron chi connectivity index (χ3n) is 5.16. The lowest BCUT2D eigenvalue weighted by Crippen LogP contribution is -2.28. The van der Waals surface area contributed by atoms with Crippen molar-refractivity contribution in [2.45, 2.75) is 30.5 Å². The number of ether oxygens (including phenoxy) is 2. The van der Waals surface area contributed by atoms with Crippen molar-refractivity contribution >= 4 is 22.8 Å². The standard InChI is InChI=1S/C20H24N4O2S/c1-12-11-24(13(2)14-8-9-15-16(10-14)22-23-21-15)20(27-12)19-17(25-3)6-5-7-18(19)26-4/h5-10,12-13,20H,11H2,1-4H3,(H,21,22,23). The molecule has 27 heavy (non-hydrogen) atoms. The van der Waals surface area contributed by atoms with Crippen LogP contribution in [-0.4, -0.2) is 46.3 Å². The Hall–Kier alpha value is -2.25. The van der Waals surface area contributed by atoms with Gasteiger partial charge in [0.25, 0.3) is 0 Å². The minimum Gasteiger partial charge on any atom is -0.496 e. The Kier molecular flexibility index (Phi) is 4.97. The van der Waals surface area contributed by atoms with Crippen LogP contribution in [-0.2, 0) is 0 Å². The van der Waals surface area contributed by atoms with Gasteiger partial charge in [0.1, 0.15) is 22.5 Å². The summed E-state index contributed by atoms with van der Waals surface area (Å²) in [4.78, 5) is 2.51. The molecule has 0 bridgehead atoms. The molecule has 1 aromatic heterocycles. The van der Waals surface area contributed by atoms with Gasteiger partial charge < -0.3 is 9.47 Å². The number of H-pyrrole nitrogens is 1. The Morgan fingerprint density at radius 1 is 1.11 bits per heavy atom. The van der Waals surface area contributed by atoms with Crippen LogP contribution in [0, 0.1) is 0 Å². The number of aromatic nitrogens is 3. The van der Waals surface area contributed by atoms with Gasteiger partial charge in [0, 0.05) is 17.8 Å². The summed E-state index contributed by atoms with van der Waals surface area (Å²) in [6, 6.07) is 12.5. The van der Waals surface area contributed by atoms with E-state index in [1.807, 2.05) is 36.0 Å². The van der Waals surface area contributed by atoms with Crippen molar-refractivity contribution < 1.29 is 9.47 Å². The topological polar surface area (TPSA) is 63.3 Å². The van der Waals surface area contributed by atoms with E-state index in [-0.39, 0.29) is 11.4 Å². The Morgan fingerprint density at radius 2 is 1.81 bits per heavy atom. The zero-order valence-corrected chi connectivity index (χ0v) is 16.8. The Labute approximate surface area is 163 Å². The monoisotopic (exact) mass is 384 g/mol. The van der Waals surface area contributed by atoms with E-state index in [0.29, 0.717) is 5.25 Å². The number of fused-ring (bicyclic) bond motifs is 1. The zero-order chi connectivity index (χ0) is 19.0. The fourth-order valence-electron chi connectivity index (χ4n) is 3.76. The molecular weight excluding hydrogens is 360 g/mol. The molecule has 6 nitrogen and oxygen atoms in total. The molecule has 0 amide bonds. The summed E-state index contributed by atoms with van der Waals surface area (Å²) in [5.41, 5.74) is 4.11. The maximum atomic E-state index is 5.67. The van der Waals surface area contributed by atoms with E-state index in [2.05, 4.69) is 46.3 Å². The first kappa shape index (κ1) is 18.1. The molecule has 0 saturated carbocycles. The van der Waals surface area contributed by atoms with Gasteiger partial charge in [-0.15, -0.1) is 11.8 Å². The molecule has 1 N–H and O–H groups in total. The molecule has 1 saturated heterocycles. The van der Waals surface area contributed by atoms with Gasteiger partial charge in [-0.25, -0.2) is 0 Å². The fourth-order valence-corrected chi connectivity index (χ4v) is 5.25. The third kappa shape index (κ3) is 3.26. The number of hydrogen-bond donors (Lipinski definition) is 1. The molecule has 3 aromatic rings. The second-order valence-corrected chi connectivity index (χ2v) is 8.34. The van der Waals surface area contributed by atoms with Crippen LogP contribution in [0.25, 0.3) is 11.0 Å². The molecule has 2 aromatic carbocycles. The molecule has 2 heterocycles. The van der Waals surface area contributed by atoms with Gasteiger partial charge in [-0.3, -0.25) is 4.90 Å². The van der Waals surface area contributed by atoms with Crippen LogP contribution in [0.3, 0.4) is 0 Å². The summed E-state index contributed by atoms with van der Waals surface area (Å²) < 4.78 is 11.3. The molecule has 142 valence electrons. The van der Waals surface area contributed by atoms with E-state index in [1.54, 1.807) is 14.2 Å². The molecule has 4 rings (SSSR count). The van der Waals surface area contributed by atoms with Crippen molar-refractivity contribution in [2.75, 3.05) is 20.8 Å². The van der Waals surface area contributed by atoms with Gasteiger partial charge in [-0.1, -0.05) is 19.1 Å². The molecule has 3 atom stereocenters. The Morgan fingerprint density at radius 3 is 2.52 bits per heavy atom. The molecule has 0 spiro atoms. The number of nitrogens with one attached hydrogen (secondary N) is 1. The van der Waals surface area contributed by atoms with Crippen molar-refractivity contribution in [3.8, 4) is 11.5 Å². The molecule has 3 unspecified atom stereocenters. The first-order valence-electron chi connectivity index (χ1n) is 9.05. The molecule has 0 radical (unpaired) electrons. The average Bonchev–Trinajstić information content (AvgIpc) is 3.32. The number of nitrogens with zero attached hydrogens (tertiary/aromatic N) is 3. The summed E-state index contributed by atoms with van der Waals surface area (Å²) >= 11 is 1.95. The van der Waals surface area contributed by atoms with Crippen LogP contribution in [0.15, 0.2) is 36.4 Å². The van der Waals surface area contributed by atoms with Crippen molar-refractivity contribution in [1.82, 2.24) is 20.3 Å². The minimum atomic E-state index is 0.161. The molecule has 7 heteroatoms. The van der Waals surface area contributed by atoms with Gasteiger partial charge in [0.15, 0.2) is 0 Å². The van der Waals surface area contributed by atoms with Gasteiger partial charge in [-0.05, 0) is 36.8 Å². The maximum Gasteiger partial charge on any atom is 0.128 e. The van der Waals surface area contributed by atoms with Gasteiger partial charge in [0.2, 0.25) is 0 Å². The molecule has 0 aliphatic carbocycles. The fraction of sp³-hybridized carbons (Fsp3) is 0.400. The van der Waals surface area contributed by atoms with E-state index >= 15 is 0 Å². The van der Waals surface area contributed by atoms with Crippen LogP contribution in [0.4, 0.5) is 0 Å². The molecule has 1 aliphatic heterocycles. The lowest BCUT2D eigenvalue weighted by atomic mass is 10.0. The first-order chi connectivity index (χ1) is 13.1. The van der Waals surface area contributed by atoms with Crippen molar-refractivity contribution in [3.63, 3.8) is 0 Å².